The Morgan fingerprint density at radius 1 is 1.21 bits per heavy atom. The van der Waals surface area contributed by atoms with Crippen LogP contribution in [-0.4, -0.2) is 5.16 Å². The van der Waals surface area contributed by atoms with Crippen LogP contribution >= 0.6 is 0 Å². The van der Waals surface area contributed by atoms with Crippen molar-refractivity contribution in [3.05, 3.63) is 42.3 Å². The summed E-state index contributed by atoms with van der Waals surface area (Å²) < 4.78 is 4.71. The number of nitrogens with one attached hydrogen (secondary N) is 1. The number of benzene rings is 1. The fourth-order valence-corrected chi connectivity index (χ4v) is 1.12. The van der Waals surface area contributed by atoms with Crippen molar-refractivity contribution < 1.29 is 4.52 Å². The van der Waals surface area contributed by atoms with Crippen LogP contribution in [0, 0.1) is 0 Å². The molecular formula is C10H11N3O. The third-order valence-electron chi connectivity index (χ3n) is 1.88. The lowest BCUT2D eigenvalue weighted by Crippen LogP contribution is -1.99. The molecule has 2 aromatic rings. The minimum absolute atomic E-state index is 0.653. The molecule has 0 bridgehead atoms. The van der Waals surface area contributed by atoms with E-state index < -0.39 is 0 Å². The molecule has 72 valence electrons. The van der Waals surface area contributed by atoms with Crippen molar-refractivity contribution in [2.45, 2.75) is 6.54 Å². The molecule has 0 spiro atoms. The van der Waals surface area contributed by atoms with Gasteiger partial charge < -0.3 is 15.6 Å². The molecule has 0 amide bonds. The Morgan fingerprint density at radius 3 is 2.64 bits per heavy atom. The van der Waals surface area contributed by atoms with Crippen molar-refractivity contribution in [3.63, 3.8) is 0 Å². The Hall–Kier alpha value is -1.97. The Balaban J connectivity index is 1.95. The first-order valence-corrected chi connectivity index (χ1v) is 4.33. The lowest BCUT2D eigenvalue weighted by atomic mass is 10.3. The molecule has 1 heterocycles. The zero-order valence-corrected chi connectivity index (χ0v) is 7.60. The smallest absolute Gasteiger partial charge is 0.124 e. The van der Waals surface area contributed by atoms with Gasteiger partial charge in [0.05, 0.1) is 6.54 Å². The highest BCUT2D eigenvalue weighted by atomic mass is 16.5. The van der Waals surface area contributed by atoms with Gasteiger partial charge in [-0.15, -0.1) is 0 Å². The lowest BCUT2D eigenvalue weighted by Gasteiger charge is -2.03. The zero-order chi connectivity index (χ0) is 9.80. The van der Waals surface area contributed by atoms with Crippen molar-refractivity contribution in [1.82, 2.24) is 5.16 Å². The highest BCUT2D eigenvalue weighted by molar-refractivity contribution is 5.51. The number of nitrogens with zero attached hydrogens (tertiary/aromatic N) is 1. The Bertz CT molecular complexity index is 380. The number of nitrogen functional groups attached to an aromatic ring is 1. The fourth-order valence-electron chi connectivity index (χ4n) is 1.12. The number of nitrogens with two attached hydrogens (primary N) is 1. The highest BCUT2D eigenvalue weighted by Crippen LogP contribution is 2.11. The second-order valence-electron chi connectivity index (χ2n) is 2.97. The molecule has 0 atom stereocenters. The molecule has 14 heavy (non-hydrogen) atoms. The van der Waals surface area contributed by atoms with Gasteiger partial charge in [0.15, 0.2) is 0 Å². The molecule has 0 unspecified atom stereocenters. The first-order chi connectivity index (χ1) is 6.84. The van der Waals surface area contributed by atoms with Crippen molar-refractivity contribution in [1.29, 1.82) is 0 Å². The monoisotopic (exact) mass is 189 g/mol. The second kappa shape index (κ2) is 3.83. The number of rotatable bonds is 3. The molecular weight excluding hydrogens is 178 g/mol. The number of aromatic nitrogens is 1. The normalized spacial score (nSPS) is 10.0. The summed E-state index contributed by atoms with van der Waals surface area (Å²) in [6, 6.07) is 9.38. The molecule has 1 aromatic heterocycles. The lowest BCUT2D eigenvalue weighted by molar-refractivity contribution is 0.412. The highest BCUT2D eigenvalue weighted by Gasteiger charge is 1.95. The molecule has 0 aliphatic rings. The van der Waals surface area contributed by atoms with E-state index in [9.17, 15) is 0 Å². The summed E-state index contributed by atoms with van der Waals surface area (Å²) in [5, 5.41) is 6.98. The molecule has 0 fully saturated rings. The van der Waals surface area contributed by atoms with Gasteiger partial charge in [-0.25, -0.2) is 0 Å². The Labute approximate surface area is 81.7 Å². The van der Waals surface area contributed by atoms with Crippen molar-refractivity contribution in [2.75, 3.05) is 11.1 Å². The summed E-state index contributed by atoms with van der Waals surface area (Å²) in [6.45, 7) is 0.653. The molecule has 0 aliphatic heterocycles. The predicted octanol–water partition coefficient (Wildman–Crippen LogP) is 1.87. The van der Waals surface area contributed by atoms with Crippen molar-refractivity contribution >= 4 is 11.4 Å². The van der Waals surface area contributed by atoms with Gasteiger partial charge in [0.25, 0.3) is 0 Å². The van der Waals surface area contributed by atoms with Gasteiger partial charge in [0.2, 0.25) is 0 Å². The second-order valence-corrected chi connectivity index (χ2v) is 2.97. The molecule has 3 N–H and O–H groups in total. The van der Waals surface area contributed by atoms with E-state index in [-0.39, 0.29) is 0 Å². The van der Waals surface area contributed by atoms with Crippen LogP contribution in [0.25, 0.3) is 0 Å². The third kappa shape index (κ3) is 2.04. The third-order valence-corrected chi connectivity index (χ3v) is 1.88. The van der Waals surface area contributed by atoms with E-state index in [4.69, 9.17) is 10.3 Å². The van der Waals surface area contributed by atoms with Crippen LogP contribution in [0.15, 0.2) is 41.1 Å². The SMILES string of the molecule is Nc1ccc(NCc2ccon2)cc1. The average Bonchev–Trinajstić information content (AvgIpc) is 2.70. The number of hydrogen-bond donors (Lipinski definition) is 2. The molecule has 1 aromatic carbocycles. The standard InChI is InChI=1S/C10H11N3O/c11-8-1-3-9(4-2-8)12-7-10-5-6-14-13-10/h1-6,12H,7,11H2. The minimum atomic E-state index is 0.653. The molecule has 0 radical (unpaired) electrons. The van der Waals surface area contributed by atoms with E-state index in [0.717, 1.165) is 17.1 Å². The number of hydrogen-bond acceptors (Lipinski definition) is 4. The minimum Gasteiger partial charge on any atom is -0.399 e. The van der Waals surface area contributed by atoms with Gasteiger partial charge in [-0.1, -0.05) is 5.16 Å². The van der Waals surface area contributed by atoms with Crippen molar-refractivity contribution in [2.24, 2.45) is 0 Å². The van der Waals surface area contributed by atoms with E-state index >= 15 is 0 Å². The van der Waals surface area contributed by atoms with Gasteiger partial charge in [0.1, 0.15) is 12.0 Å². The summed E-state index contributed by atoms with van der Waals surface area (Å²) in [6.07, 6.45) is 1.56. The van der Waals surface area contributed by atoms with Gasteiger partial charge in [-0.2, -0.15) is 0 Å². The summed E-state index contributed by atoms with van der Waals surface area (Å²) in [5.41, 5.74) is 8.22. The maximum atomic E-state index is 5.56. The predicted molar refractivity (Wildman–Crippen MR) is 54.7 cm³/mol. The van der Waals surface area contributed by atoms with Gasteiger partial charge in [-0.3, -0.25) is 0 Å². The van der Waals surface area contributed by atoms with Crippen LogP contribution in [0.1, 0.15) is 5.69 Å². The Morgan fingerprint density at radius 2 is 2.00 bits per heavy atom. The first-order valence-electron chi connectivity index (χ1n) is 4.33. The molecule has 0 saturated carbocycles. The van der Waals surface area contributed by atoms with E-state index in [1.807, 2.05) is 30.3 Å². The van der Waals surface area contributed by atoms with E-state index in [2.05, 4.69) is 10.5 Å². The Kier molecular flexibility index (Phi) is 2.36. The average molecular weight is 189 g/mol. The maximum Gasteiger partial charge on any atom is 0.124 e. The van der Waals surface area contributed by atoms with Crippen LogP contribution in [0.2, 0.25) is 0 Å². The summed E-state index contributed by atoms with van der Waals surface area (Å²) in [5.74, 6) is 0. The number of anilines is 2. The first kappa shape index (κ1) is 8.62. The van der Waals surface area contributed by atoms with Gasteiger partial charge in [0, 0.05) is 17.4 Å². The molecule has 2 rings (SSSR count). The summed E-state index contributed by atoms with van der Waals surface area (Å²) >= 11 is 0. The van der Waals surface area contributed by atoms with Crippen LogP contribution in [0.4, 0.5) is 11.4 Å². The van der Waals surface area contributed by atoms with Crippen LogP contribution in [0.3, 0.4) is 0 Å². The van der Waals surface area contributed by atoms with E-state index in [0.29, 0.717) is 6.54 Å². The summed E-state index contributed by atoms with van der Waals surface area (Å²) in [7, 11) is 0. The van der Waals surface area contributed by atoms with Crippen LogP contribution in [-0.2, 0) is 6.54 Å². The van der Waals surface area contributed by atoms with E-state index in [1.54, 1.807) is 6.26 Å². The molecule has 0 aliphatic carbocycles. The van der Waals surface area contributed by atoms with Gasteiger partial charge >= 0.3 is 0 Å². The van der Waals surface area contributed by atoms with Crippen molar-refractivity contribution in [3.8, 4) is 0 Å². The maximum absolute atomic E-state index is 5.56. The zero-order valence-electron chi connectivity index (χ0n) is 7.60. The van der Waals surface area contributed by atoms with Gasteiger partial charge in [-0.05, 0) is 24.3 Å². The largest absolute Gasteiger partial charge is 0.399 e. The fraction of sp³-hybridized carbons (Fsp3) is 0.100. The van der Waals surface area contributed by atoms with E-state index in [1.165, 1.54) is 0 Å². The molecule has 4 nitrogen and oxygen atoms in total. The van der Waals surface area contributed by atoms with Crippen LogP contribution in [0.5, 0.6) is 0 Å². The molecule has 4 heteroatoms. The molecule has 0 saturated heterocycles. The summed E-state index contributed by atoms with van der Waals surface area (Å²) in [4.78, 5) is 0. The van der Waals surface area contributed by atoms with Crippen LogP contribution < -0.4 is 11.1 Å². The quantitative estimate of drug-likeness (QED) is 0.723. The topological polar surface area (TPSA) is 64.1 Å².